The number of halogens is 1. The van der Waals surface area contributed by atoms with E-state index in [4.69, 9.17) is 0 Å². The molecule has 2 aromatic carbocycles. The molecule has 1 aromatic heterocycles. The van der Waals surface area contributed by atoms with E-state index in [0.717, 1.165) is 4.47 Å². The van der Waals surface area contributed by atoms with Crippen LogP contribution in [0.5, 0.6) is 0 Å². The highest BCUT2D eigenvalue weighted by molar-refractivity contribution is 9.10. The molecule has 1 N–H and O–H groups in total. The lowest BCUT2D eigenvalue weighted by atomic mass is 10.1. The van der Waals surface area contributed by atoms with Gasteiger partial charge in [-0.05, 0) is 34.5 Å². The molecule has 2 heteroatoms. The summed E-state index contributed by atoms with van der Waals surface area (Å²) >= 11 is 3.57. The van der Waals surface area contributed by atoms with Crippen LogP contribution >= 0.6 is 15.9 Å². The highest BCUT2D eigenvalue weighted by Crippen LogP contribution is 2.31. The predicted molar refractivity (Wildman–Crippen MR) is 68.2 cm³/mol. The van der Waals surface area contributed by atoms with Crippen molar-refractivity contribution in [2.75, 3.05) is 0 Å². The molecule has 0 spiro atoms. The fraction of sp³-hybridized carbons (Fsp3) is 0.0769. The Hall–Kier alpha value is -1.28. The summed E-state index contributed by atoms with van der Waals surface area (Å²) in [5.41, 5.74) is 3.71. The smallest absolute Gasteiger partial charge is 0.0609 e. The Morgan fingerprint density at radius 2 is 1.60 bits per heavy atom. The monoisotopic (exact) mass is 259 g/mol. The largest absolute Gasteiger partial charge is 0.353 e. The maximum absolute atomic E-state index is 3.57. The summed E-state index contributed by atoms with van der Waals surface area (Å²) in [6.07, 6.45) is 0. The zero-order chi connectivity index (χ0) is 10.4. The molecule has 0 aliphatic carbocycles. The molecule has 3 rings (SSSR count). The number of benzene rings is 2. The van der Waals surface area contributed by atoms with Gasteiger partial charge in [-0.1, -0.05) is 30.3 Å². The minimum absolute atomic E-state index is 1.12. The van der Waals surface area contributed by atoms with Crippen molar-refractivity contribution in [3.05, 3.63) is 46.4 Å². The van der Waals surface area contributed by atoms with Crippen molar-refractivity contribution in [1.29, 1.82) is 0 Å². The molecule has 1 heterocycles. The Bertz CT molecular complexity index is 596. The van der Waals surface area contributed by atoms with Gasteiger partial charge in [0.05, 0.1) is 5.52 Å². The van der Waals surface area contributed by atoms with Gasteiger partial charge in [0.2, 0.25) is 0 Å². The number of aromatic nitrogens is 1. The van der Waals surface area contributed by atoms with Crippen LogP contribution in [-0.4, -0.2) is 4.98 Å². The fourth-order valence-corrected chi connectivity index (χ4v) is 2.52. The van der Waals surface area contributed by atoms with E-state index in [-0.39, 0.29) is 0 Å². The highest BCUT2D eigenvalue weighted by Gasteiger charge is 2.06. The van der Waals surface area contributed by atoms with E-state index < -0.39 is 0 Å². The molecule has 1 nitrogen and oxygen atoms in total. The first-order valence-electron chi connectivity index (χ1n) is 4.93. The molecule has 0 amide bonds. The Labute approximate surface area is 96.2 Å². The summed E-state index contributed by atoms with van der Waals surface area (Å²) in [6, 6.07) is 12.7. The summed E-state index contributed by atoms with van der Waals surface area (Å²) in [4.78, 5) is 3.47. The average Bonchev–Trinajstić information content (AvgIpc) is 2.60. The van der Waals surface area contributed by atoms with Gasteiger partial charge in [0.25, 0.3) is 0 Å². The number of aryl methyl sites for hydroxylation is 1. The molecule has 0 saturated carbocycles. The quantitative estimate of drug-likeness (QED) is 0.617. The molecule has 0 fully saturated rings. The normalized spacial score (nSPS) is 11.3. The highest BCUT2D eigenvalue weighted by atomic mass is 79.9. The van der Waals surface area contributed by atoms with Crippen LogP contribution in [0.1, 0.15) is 5.56 Å². The molecule has 74 valence electrons. The lowest BCUT2D eigenvalue weighted by molar-refractivity contribution is 1.45. The van der Waals surface area contributed by atoms with Gasteiger partial charge in [0.15, 0.2) is 0 Å². The van der Waals surface area contributed by atoms with Crippen molar-refractivity contribution in [2.24, 2.45) is 0 Å². The molecule has 0 radical (unpaired) electrons. The summed E-state index contributed by atoms with van der Waals surface area (Å²) in [6.45, 7) is 2.13. The maximum atomic E-state index is 3.57. The second-order valence-corrected chi connectivity index (χ2v) is 4.64. The van der Waals surface area contributed by atoms with Gasteiger partial charge in [-0.15, -0.1) is 0 Å². The van der Waals surface area contributed by atoms with E-state index in [0.29, 0.717) is 0 Å². The molecular weight excluding hydrogens is 250 g/mol. The lowest BCUT2D eigenvalue weighted by Gasteiger charge is -1.93. The second-order valence-electron chi connectivity index (χ2n) is 3.78. The van der Waals surface area contributed by atoms with E-state index in [1.54, 1.807) is 0 Å². The number of aromatic amines is 1. The van der Waals surface area contributed by atoms with Crippen LogP contribution in [0, 0.1) is 6.92 Å². The van der Waals surface area contributed by atoms with Crippen molar-refractivity contribution in [3.8, 4) is 0 Å². The standard InChI is InChI=1S/C13H10BrN/c1-8-4-2-5-9-10-6-3-7-11(14)13(10)15-12(8)9/h2-7,15H,1H3. The minimum atomic E-state index is 1.12. The number of rotatable bonds is 0. The van der Waals surface area contributed by atoms with Crippen molar-refractivity contribution < 1.29 is 0 Å². The molecule has 0 bridgehead atoms. The average molecular weight is 260 g/mol. The van der Waals surface area contributed by atoms with Gasteiger partial charge in [-0.25, -0.2) is 0 Å². The SMILES string of the molecule is Cc1cccc2c1[nH]c1c(Br)cccc12. The Morgan fingerprint density at radius 1 is 0.933 bits per heavy atom. The third-order valence-corrected chi connectivity index (χ3v) is 3.49. The number of para-hydroxylation sites is 2. The van der Waals surface area contributed by atoms with Gasteiger partial charge < -0.3 is 4.98 Å². The number of hydrogen-bond acceptors (Lipinski definition) is 0. The van der Waals surface area contributed by atoms with Gasteiger partial charge in [-0.2, -0.15) is 0 Å². The Kier molecular flexibility index (Phi) is 1.86. The van der Waals surface area contributed by atoms with E-state index in [9.17, 15) is 0 Å². The molecule has 0 atom stereocenters. The zero-order valence-corrected chi connectivity index (χ0v) is 9.93. The van der Waals surface area contributed by atoms with Crippen LogP contribution in [-0.2, 0) is 0 Å². The van der Waals surface area contributed by atoms with Crippen LogP contribution in [0.3, 0.4) is 0 Å². The third kappa shape index (κ3) is 1.21. The van der Waals surface area contributed by atoms with Crippen LogP contribution in [0.25, 0.3) is 21.8 Å². The van der Waals surface area contributed by atoms with Gasteiger partial charge >= 0.3 is 0 Å². The van der Waals surface area contributed by atoms with Crippen LogP contribution in [0.15, 0.2) is 40.9 Å². The maximum Gasteiger partial charge on any atom is 0.0609 e. The van der Waals surface area contributed by atoms with E-state index >= 15 is 0 Å². The van der Waals surface area contributed by atoms with Crippen molar-refractivity contribution in [3.63, 3.8) is 0 Å². The number of hydrogen-bond donors (Lipinski definition) is 1. The molecule has 0 saturated heterocycles. The first-order chi connectivity index (χ1) is 7.27. The molecule has 0 aliphatic rings. The third-order valence-electron chi connectivity index (χ3n) is 2.83. The van der Waals surface area contributed by atoms with Crippen LogP contribution in [0.2, 0.25) is 0 Å². The van der Waals surface area contributed by atoms with Crippen LogP contribution < -0.4 is 0 Å². The minimum Gasteiger partial charge on any atom is -0.353 e. The summed E-state index contributed by atoms with van der Waals surface area (Å²) in [7, 11) is 0. The van der Waals surface area contributed by atoms with E-state index in [2.05, 4.69) is 64.2 Å². The summed E-state index contributed by atoms with van der Waals surface area (Å²) in [5, 5.41) is 2.58. The second kappa shape index (κ2) is 3.11. The van der Waals surface area contributed by atoms with Gasteiger partial charge in [-0.3, -0.25) is 0 Å². The van der Waals surface area contributed by atoms with E-state index in [1.807, 2.05) is 0 Å². The zero-order valence-electron chi connectivity index (χ0n) is 8.34. The topological polar surface area (TPSA) is 15.8 Å². The lowest BCUT2D eigenvalue weighted by Crippen LogP contribution is -1.73. The number of fused-ring (bicyclic) bond motifs is 3. The van der Waals surface area contributed by atoms with Crippen molar-refractivity contribution in [2.45, 2.75) is 6.92 Å². The van der Waals surface area contributed by atoms with Gasteiger partial charge in [0.1, 0.15) is 0 Å². The first kappa shape index (κ1) is 8.98. The first-order valence-corrected chi connectivity index (χ1v) is 5.72. The van der Waals surface area contributed by atoms with E-state index in [1.165, 1.54) is 27.4 Å². The summed E-state index contributed by atoms with van der Waals surface area (Å²) in [5.74, 6) is 0. The number of H-pyrrole nitrogens is 1. The predicted octanol–water partition coefficient (Wildman–Crippen LogP) is 4.39. The van der Waals surface area contributed by atoms with Crippen molar-refractivity contribution in [1.82, 2.24) is 4.98 Å². The molecule has 15 heavy (non-hydrogen) atoms. The molecule has 0 aliphatic heterocycles. The van der Waals surface area contributed by atoms with Crippen LogP contribution in [0.4, 0.5) is 0 Å². The molecule has 0 unspecified atom stereocenters. The molecule has 3 aromatic rings. The Morgan fingerprint density at radius 3 is 2.40 bits per heavy atom. The fourth-order valence-electron chi connectivity index (χ4n) is 2.06. The van der Waals surface area contributed by atoms with Crippen molar-refractivity contribution >= 4 is 37.7 Å². The molecular formula is C13H10BrN. The number of nitrogens with one attached hydrogen (secondary N) is 1. The Balaban J connectivity index is 2.63. The summed E-state index contributed by atoms with van der Waals surface area (Å²) < 4.78 is 1.12. The van der Waals surface area contributed by atoms with Gasteiger partial charge in [0, 0.05) is 20.8 Å².